The number of nitrogens with zero attached hydrogens (tertiary/aromatic N) is 2. The van der Waals surface area contributed by atoms with Gasteiger partial charge in [0.1, 0.15) is 0 Å². The number of benzene rings is 2. The Morgan fingerprint density at radius 3 is 2.37 bits per heavy atom. The average Bonchev–Trinajstić information content (AvgIpc) is 3.78. The van der Waals surface area contributed by atoms with Crippen LogP contribution in [0.15, 0.2) is 42.5 Å². The molecule has 5 rings (SSSR count). The second-order valence-corrected chi connectivity index (χ2v) is 12.7. The van der Waals surface area contributed by atoms with E-state index in [1.54, 1.807) is 26.4 Å². The molecule has 2 aromatic rings. The number of rotatable bonds is 14. The number of ether oxygens (including phenoxy) is 3. The monoisotopic (exact) mass is 591 g/mol. The van der Waals surface area contributed by atoms with Crippen LogP contribution >= 0.6 is 0 Å². The molecule has 43 heavy (non-hydrogen) atoms. The maximum Gasteiger partial charge on any atom is 0.254 e. The Balaban J connectivity index is 1.25. The van der Waals surface area contributed by atoms with Gasteiger partial charge in [0.15, 0.2) is 11.5 Å². The summed E-state index contributed by atoms with van der Waals surface area (Å²) in [6, 6.07) is 14.4. The van der Waals surface area contributed by atoms with Gasteiger partial charge in [-0.2, -0.15) is 0 Å². The summed E-state index contributed by atoms with van der Waals surface area (Å²) >= 11 is 0. The molecule has 8 nitrogen and oxygen atoms in total. The largest absolute Gasteiger partial charge is 0.493 e. The molecule has 234 valence electrons. The van der Waals surface area contributed by atoms with E-state index in [4.69, 9.17) is 14.2 Å². The predicted octanol–water partition coefficient (Wildman–Crippen LogP) is 4.59. The lowest BCUT2D eigenvalue weighted by molar-refractivity contribution is -0.137. The Bertz CT molecular complexity index is 1250. The van der Waals surface area contributed by atoms with Gasteiger partial charge >= 0.3 is 0 Å². The topological polar surface area (TPSA) is 80.3 Å². The molecule has 3 aliphatic rings. The van der Waals surface area contributed by atoms with Crippen LogP contribution in [0.5, 0.6) is 11.5 Å². The van der Waals surface area contributed by atoms with Gasteiger partial charge in [-0.05, 0) is 87.1 Å². The molecule has 1 saturated heterocycles. The second kappa shape index (κ2) is 14.6. The molecule has 0 bridgehead atoms. The summed E-state index contributed by atoms with van der Waals surface area (Å²) in [4.78, 5) is 32.0. The highest BCUT2D eigenvalue weighted by molar-refractivity contribution is 5.95. The predicted molar refractivity (Wildman–Crippen MR) is 168 cm³/mol. The standard InChI is InChI=1S/C35H49N3O5/c1-24(2)37(34(39)28-12-15-32(42-4)33(19-28)43-17-7-16-41-3)22-29-20-36-21-30(29)23-38(31-13-14-31)35(40)27-11-10-25-8-5-6-9-26(25)18-27/h5-6,8-9,12,15,19,24,27,29-31,36H,7,10-11,13-14,16-18,20-23H2,1-4H3/t27-,29-,30-/m0/s1. The maximum atomic E-state index is 13.9. The number of hydrogen-bond acceptors (Lipinski definition) is 6. The summed E-state index contributed by atoms with van der Waals surface area (Å²) < 4.78 is 16.6. The van der Waals surface area contributed by atoms with E-state index < -0.39 is 0 Å². The SMILES string of the molecule is COCCCOc1cc(C(=O)N(C[C@@H]2CNC[C@H]2CN(C(=O)[C@H]2CCc3ccccc3C2)C2CC2)C(C)C)ccc1OC. The van der Waals surface area contributed by atoms with Crippen molar-refractivity contribution in [3.63, 3.8) is 0 Å². The van der Waals surface area contributed by atoms with Crippen molar-refractivity contribution in [1.29, 1.82) is 0 Å². The molecular formula is C35H49N3O5. The van der Waals surface area contributed by atoms with Gasteiger partial charge in [0.05, 0.1) is 13.7 Å². The van der Waals surface area contributed by atoms with Crippen LogP contribution < -0.4 is 14.8 Å². The zero-order chi connectivity index (χ0) is 30.3. The Morgan fingerprint density at radius 1 is 0.930 bits per heavy atom. The molecule has 1 N–H and O–H groups in total. The van der Waals surface area contributed by atoms with Gasteiger partial charge in [-0.3, -0.25) is 9.59 Å². The lowest BCUT2D eigenvalue weighted by Gasteiger charge is -2.35. The maximum absolute atomic E-state index is 13.9. The van der Waals surface area contributed by atoms with E-state index >= 15 is 0 Å². The number of hydrogen-bond donors (Lipinski definition) is 1. The van der Waals surface area contributed by atoms with Crippen molar-refractivity contribution in [3.8, 4) is 11.5 Å². The molecule has 1 aliphatic heterocycles. The van der Waals surface area contributed by atoms with Crippen LogP contribution in [0.2, 0.25) is 0 Å². The van der Waals surface area contributed by atoms with Crippen molar-refractivity contribution in [2.24, 2.45) is 17.8 Å². The van der Waals surface area contributed by atoms with Crippen LogP contribution in [-0.2, 0) is 22.4 Å². The highest BCUT2D eigenvalue weighted by Gasteiger charge is 2.41. The average molecular weight is 592 g/mol. The fraction of sp³-hybridized carbons (Fsp3) is 0.600. The van der Waals surface area contributed by atoms with Gasteiger partial charge in [0, 0.05) is 69.9 Å². The minimum atomic E-state index is -0.0129. The van der Waals surface area contributed by atoms with Crippen molar-refractivity contribution >= 4 is 11.8 Å². The number of carbonyl (C=O) groups excluding carboxylic acids is 2. The molecule has 1 saturated carbocycles. The molecule has 2 aromatic carbocycles. The number of aryl methyl sites for hydroxylation is 1. The summed E-state index contributed by atoms with van der Waals surface area (Å²) in [7, 11) is 3.28. The first kappa shape index (κ1) is 31.3. The van der Waals surface area contributed by atoms with E-state index in [1.807, 2.05) is 11.0 Å². The van der Waals surface area contributed by atoms with Gasteiger partial charge in [0.25, 0.3) is 5.91 Å². The summed E-state index contributed by atoms with van der Waals surface area (Å²) in [6.07, 6.45) is 5.71. The molecule has 3 atom stereocenters. The van der Waals surface area contributed by atoms with Gasteiger partial charge in [-0.1, -0.05) is 24.3 Å². The van der Waals surface area contributed by atoms with Crippen molar-refractivity contribution < 1.29 is 23.8 Å². The molecule has 1 heterocycles. The van der Waals surface area contributed by atoms with Crippen LogP contribution in [0, 0.1) is 17.8 Å². The Labute approximate surface area is 257 Å². The third kappa shape index (κ3) is 7.71. The zero-order valence-electron chi connectivity index (χ0n) is 26.3. The molecule has 2 amide bonds. The first-order valence-electron chi connectivity index (χ1n) is 16.1. The number of carbonyl (C=O) groups is 2. The Morgan fingerprint density at radius 2 is 1.67 bits per heavy atom. The van der Waals surface area contributed by atoms with Crippen molar-refractivity contribution in [1.82, 2.24) is 15.1 Å². The lowest BCUT2D eigenvalue weighted by Crippen LogP contribution is -2.46. The van der Waals surface area contributed by atoms with Crippen LogP contribution in [0.1, 0.15) is 61.0 Å². The van der Waals surface area contributed by atoms with Crippen molar-refractivity contribution in [2.75, 3.05) is 53.6 Å². The Kier molecular flexibility index (Phi) is 10.6. The first-order chi connectivity index (χ1) is 20.9. The fourth-order valence-electron chi connectivity index (χ4n) is 6.67. The van der Waals surface area contributed by atoms with Gasteiger partial charge in [-0.25, -0.2) is 0 Å². The molecule has 0 aromatic heterocycles. The molecule has 0 radical (unpaired) electrons. The van der Waals surface area contributed by atoms with Crippen LogP contribution in [-0.4, -0.2) is 87.3 Å². The summed E-state index contributed by atoms with van der Waals surface area (Å²) in [5, 5.41) is 3.58. The van der Waals surface area contributed by atoms with Crippen LogP contribution in [0.25, 0.3) is 0 Å². The number of nitrogens with one attached hydrogen (secondary N) is 1. The second-order valence-electron chi connectivity index (χ2n) is 12.7. The summed E-state index contributed by atoms with van der Waals surface area (Å²) in [5.74, 6) is 2.14. The fourth-order valence-corrected chi connectivity index (χ4v) is 6.67. The Hall–Kier alpha value is -3.10. The number of amides is 2. The van der Waals surface area contributed by atoms with Crippen molar-refractivity contribution in [3.05, 3.63) is 59.2 Å². The molecular weight excluding hydrogens is 542 g/mol. The quantitative estimate of drug-likeness (QED) is 0.324. The van der Waals surface area contributed by atoms with Gasteiger partial charge < -0.3 is 29.3 Å². The molecule has 2 fully saturated rings. The normalized spacial score (nSPS) is 21.4. The first-order valence-corrected chi connectivity index (χ1v) is 16.1. The smallest absolute Gasteiger partial charge is 0.254 e. The van der Waals surface area contributed by atoms with Gasteiger partial charge in [0.2, 0.25) is 5.91 Å². The third-order valence-electron chi connectivity index (χ3n) is 9.35. The highest BCUT2D eigenvalue weighted by Crippen LogP contribution is 2.35. The number of methoxy groups -OCH3 is 2. The molecule has 0 spiro atoms. The van der Waals surface area contributed by atoms with Crippen LogP contribution in [0.3, 0.4) is 0 Å². The van der Waals surface area contributed by atoms with E-state index in [-0.39, 0.29) is 23.8 Å². The van der Waals surface area contributed by atoms with E-state index in [1.165, 1.54) is 11.1 Å². The highest BCUT2D eigenvalue weighted by atomic mass is 16.5. The van der Waals surface area contributed by atoms with Crippen molar-refractivity contribution in [2.45, 2.75) is 64.5 Å². The molecule has 8 heteroatoms. The van der Waals surface area contributed by atoms with Crippen LogP contribution in [0.4, 0.5) is 0 Å². The molecule has 2 aliphatic carbocycles. The lowest BCUT2D eigenvalue weighted by atomic mass is 9.83. The summed E-state index contributed by atoms with van der Waals surface area (Å²) in [6.45, 7) is 8.36. The number of fused-ring (bicyclic) bond motifs is 1. The zero-order valence-corrected chi connectivity index (χ0v) is 26.3. The van der Waals surface area contributed by atoms with E-state index in [0.717, 1.165) is 58.2 Å². The van der Waals surface area contributed by atoms with E-state index in [9.17, 15) is 9.59 Å². The summed E-state index contributed by atoms with van der Waals surface area (Å²) in [5.41, 5.74) is 3.31. The minimum Gasteiger partial charge on any atom is -0.493 e. The van der Waals surface area contributed by atoms with E-state index in [2.05, 4.69) is 48.3 Å². The molecule has 0 unspecified atom stereocenters. The minimum absolute atomic E-state index is 0.0129. The van der Waals surface area contributed by atoms with Gasteiger partial charge in [-0.15, -0.1) is 0 Å². The van der Waals surface area contributed by atoms with E-state index in [0.29, 0.717) is 54.7 Å². The third-order valence-corrected chi connectivity index (χ3v) is 9.35.